The first-order chi connectivity index (χ1) is 11.9. The summed E-state index contributed by atoms with van der Waals surface area (Å²) in [5.74, 6) is 1.59. The minimum atomic E-state index is 0.668. The normalized spacial score (nSPS) is 18.0. The second-order valence-corrected chi connectivity index (χ2v) is 6.58. The number of aromatic nitrogens is 4. The number of fused-ring (bicyclic) bond motifs is 1. The van der Waals surface area contributed by atoms with E-state index in [1.165, 1.54) is 38.5 Å². The number of nitrogens with zero attached hydrogens (tertiary/aromatic N) is 5. The van der Waals surface area contributed by atoms with E-state index in [9.17, 15) is 0 Å². The van der Waals surface area contributed by atoms with Gasteiger partial charge in [-0.3, -0.25) is 0 Å². The van der Waals surface area contributed by atoms with Crippen LogP contribution < -0.4 is 10.2 Å². The molecule has 1 saturated heterocycles. The molecular formula is C18H24N6. The highest BCUT2D eigenvalue weighted by molar-refractivity contribution is 5.83. The summed E-state index contributed by atoms with van der Waals surface area (Å²) in [6.07, 6.45) is 14.4. The lowest BCUT2D eigenvalue weighted by Crippen LogP contribution is -2.21. The van der Waals surface area contributed by atoms with Gasteiger partial charge in [-0.2, -0.15) is 9.97 Å². The molecule has 0 amide bonds. The van der Waals surface area contributed by atoms with Crippen LogP contribution >= 0.6 is 0 Å². The second kappa shape index (κ2) is 7.11. The highest BCUT2D eigenvalue weighted by Gasteiger charge is 2.19. The van der Waals surface area contributed by atoms with Crippen LogP contribution in [-0.2, 0) is 0 Å². The first-order valence-corrected chi connectivity index (χ1v) is 9.06. The van der Waals surface area contributed by atoms with Crippen molar-refractivity contribution in [3.63, 3.8) is 0 Å². The van der Waals surface area contributed by atoms with Crippen LogP contribution in [0, 0.1) is 0 Å². The Hall–Kier alpha value is -2.24. The minimum Gasteiger partial charge on any atom is -0.355 e. The predicted molar refractivity (Wildman–Crippen MR) is 96.2 cm³/mol. The Labute approximate surface area is 142 Å². The van der Waals surface area contributed by atoms with Gasteiger partial charge in [0.2, 0.25) is 5.95 Å². The van der Waals surface area contributed by atoms with Gasteiger partial charge in [0.05, 0.1) is 0 Å². The van der Waals surface area contributed by atoms with Crippen LogP contribution in [0.3, 0.4) is 0 Å². The molecule has 0 spiro atoms. The van der Waals surface area contributed by atoms with Crippen LogP contribution in [0.1, 0.15) is 44.9 Å². The average molecular weight is 324 g/mol. The lowest BCUT2D eigenvalue weighted by atomic mass is 9.97. The third kappa shape index (κ3) is 3.32. The predicted octanol–water partition coefficient (Wildman–Crippen LogP) is 3.32. The van der Waals surface area contributed by atoms with Gasteiger partial charge < -0.3 is 10.2 Å². The number of allylic oxidation sites excluding steroid dienone is 1. The molecule has 1 N–H and O–H groups in total. The van der Waals surface area contributed by atoms with E-state index < -0.39 is 0 Å². The zero-order chi connectivity index (χ0) is 16.2. The molecular weight excluding hydrogens is 300 g/mol. The summed E-state index contributed by atoms with van der Waals surface area (Å²) in [6.45, 7) is 2.95. The fourth-order valence-electron chi connectivity index (χ4n) is 3.54. The highest BCUT2D eigenvalue weighted by Crippen LogP contribution is 2.25. The largest absolute Gasteiger partial charge is 0.355 e. The number of hydrogen-bond acceptors (Lipinski definition) is 6. The molecule has 126 valence electrons. The fourth-order valence-corrected chi connectivity index (χ4v) is 3.54. The number of rotatable bonds is 5. The quantitative estimate of drug-likeness (QED) is 0.851. The summed E-state index contributed by atoms with van der Waals surface area (Å²) in [7, 11) is 0. The first kappa shape index (κ1) is 15.3. The van der Waals surface area contributed by atoms with Gasteiger partial charge in [-0.25, -0.2) is 9.97 Å². The van der Waals surface area contributed by atoms with E-state index >= 15 is 0 Å². The molecule has 2 aromatic heterocycles. The molecule has 6 nitrogen and oxygen atoms in total. The molecule has 3 heterocycles. The third-order valence-corrected chi connectivity index (χ3v) is 4.83. The van der Waals surface area contributed by atoms with Crippen LogP contribution in [-0.4, -0.2) is 39.6 Å². The van der Waals surface area contributed by atoms with Gasteiger partial charge in [0.1, 0.15) is 0 Å². The van der Waals surface area contributed by atoms with Crippen molar-refractivity contribution in [3.8, 4) is 0 Å². The molecule has 1 aliphatic carbocycles. The summed E-state index contributed by atoms with van der Waals surface area (Å²) < 4.78 is 0. The Kier molecular flexibility index (Phi) is 4.53. The molecule has 0 aromatic carbocycles. The molecule has 0 atom stereocenters. The summed E-state index contributed by atoms with van der Waals surface area (Å²) in [5, 5.41) is 3.39. The third-order valence-electron chi connectivity index (χ3n) is 4.83. The lowest BCUT2D eigenvalue weighted by molar-refractivity contribution is 0.679. The molecule has 0 bridgehead atoms. The maximum absolute atomic E-state index is 4.75. The molecule has 6 heteroatoms. The van der Waals surface area contributed by atoms with Gasteiger partial charge in [-0.15, -0.1) is 0 Å². The van der Waals surface area contributed by atoms with Crippen molar-refractivity contribution in [2.45, 2.75) is 44.9 Å². The van der Waals surface area contributed by atoms with E-state index in [0.29, 0.717) is 11.6 Å². The molecule has 0 unspecified atom stereocenters. The fraction of sp³-hybridized carbons (Fsp3) is 0.556. The SMILES string of the molecule is C1=C(CCNc2nc(N3CCCC3)c3nccnc3n2)CCCC1. The molecule has 2 aliphatic rings. The maximum Gasteiger partial charge on any atom is 0.226 e. The topological polar surface area (TPSA) is 66.8 Å². The Bertz CT molecular complexity index is 735. The summed E-state index contributed by atoms with van der Waals surface area (Å²) in [6, 6.07) is 0. The van der Waals surface area contributed by atoms with Crippen molar-refractivity contribution >= 4 is 22.9 Å². The Morgan fingerprint density at radius 1 is 1.00 bits per heavy atom. The zero-order valence-corrected chi connectivity index (χ0v) is 14.0. The molecule has 2 aromatic rings. The molecule has 1 aliphatic heterocycles. The average Bonchev–Trinajstić information content (AvgIpc) is 3.16. The van der Waals surface area contributed by atoms with E-state index in [4.69, 9.17) is 4.98 Å². The lowest BCUT2D eigenvalue weighted by Gasteiger charge is -2.18. The first-order valence-electron chi connectivity index (χ1n) is 9.06. The van der Waals surface area contributed by atoms with E-state index in [1.54, 1.807) is 18.0 Å². The highest BCUT2D eigenvalue weighted by atomic mass is 15.3. The Morgan fingerprint density at radius 3 is 2.71 bits per heavy atom. The van der Waals surface area contributed by atoms with Crippen molar-refractivity contribution in [3.05, 3.63) is 24.0 Å². The van der Waals surface area contributed by atoms with E-state index in [-0.39, 0.29) is 0 Å². The van der Waals surface area contributed by atoms with Crippen molar-refractivity contribution in [1.29, 1.82) is 0 Å². The van der Waals surface area contributed by atoms with Gasteiger partial charge in [0.25, 0.3) is 0 Å². The summed E-state index contributed by atoms with van der Waals surface area (Å²) >= 11 is 0. The van der Waals surface area contributed by atoms with E-state index in [2.05, 4.69) is 31.2 Å². The number of nitrogens with one attached hydrogen (secondary N) is 1. The Balaban J connectivity index is 1.53. The standard InChI is InChI=1S/C18H24N6/c1-2-6-14(7-3-1)8-9-21-18-22-16-15(19-10-11-20-16)17(23-18)24-12-4-5-13-24/h6,10-11H,1-5,7-9,12-13H2,(H,20,21,22,23). The molecule has 0 radical (unpaired) electrons. The van der Waals surface area contributed by atoms with Crippen LogP contribution in [0.5, 0.6) is 0 Å². The van der Waals surface area contributed by atoms with Gasteiger partial charge in [0.15, 0.2) is 17.0 Å². The minimum absolute atomic E-state index is 0.668. The van der Waals surface area contributed by atoms with Crippen molar-refractivity contribution < 1.29 is 0 Å². The van der Waals surface area contributed by atoms with Crippen LogP contribution in [0.4, 0.5) is 11.8 Å². The van der Waals surface area contributed by atoms with Crippen LogP contribution in [0.15, 0.2) is 24.0 Å². The maximum atomic E-state index is 4.75. The smallest absolute Gasteiger partial charge is 0.226 e. The van der Waals surface area contributed by atoms with Crippen LogP contribution in [0.2, 0.25) is 0 Å². The van der Waals surface area contributed by atoms with Crippen molar-refractivity contribution in [2.24, 2.45) is 0 Å². The van der Waals surface area contributed by atoms with Crippen molar-refractivity contribution in [2.75, 3.05) is 29.9 Å². The summed E-state index contributed by atoms with van der Waals surface area (Å²) in [4.78, 5) is 20.4. The van der Waals surface area contributed by atoms with Gasteiger partial charge in [-0.05, 0) is 44.9 Å². The zero-order valence-electron chi connectivity index (χ0n) is 14.0. The second-order valence-electron chi connectivity index (χ2n) is 6.58. The number of anilines is 2. The monoisotopic (exact) mass is 324 g/mol. The van der Waals surface area contributed by atoms with Gasteiger partial charge in [-0.1, -0.05) is 11.6 Å². The molecule has 4 rings (SSSR count). The molecule has 24 heavy (non-hydrogen) atoms. The van der Waals surface area contributed by atoms with Gasteiger partial charge >= 0.3 is 0 Å². The molecule has 1 fully saturated rings. The van der Waals surface area contributed by atoms with E-state index in [0.717, 1.165) is 37.4 Å². The Morgan fingerprint density at radius 2 is 1.88 bits per heavy atom. The summed E-state index contributed by atoms with van der Waals surface area (Å²) in [5.41, 5.74) is 3.04. The molecule has 0 saturated carbocycles. The van der Waals surface area contributed by atoms with Crippen LogP contribution in [0.25, 0.3) is 11.2 Å². The van der Waals surface area contributed by atoms with Gasteiger partial charge in [0, 0.05) is 32.0 Å². The number of hydrogen-bond donors (Lipinski definition) is 1. The van der Waals surface area contributed by atoms with E-state index in [1.807, 2.05) is 0 Å². The van der Waals surface area contributed by atoms with Crippen molar-refractivity contribution in [1.82, 2.24) is 19.9 Å².